The van der Waals surface area contributed by atoms with Crippen molar-refractivity contribution in [3.63, 3.8) is 0 Å². The van der Waals surface area contributed by atoms with E-state index in [-0.39, 0.29) is 12.4 Å². The Morgan fingerprint density at radius 3 is 2.93 bits per heavy atom. The van der Waals surface area contributed by atoms with E-state index in [1.165, 1.54) is 5.56 Å². The van der Waals surface area contributed by atoms with Crippen molar-refractivity contribution >= 4 is 21.7 Å². The van der Waals surface area contributed by atoms with Crippen LogP contribution in [0.25, 0.3) is 0 Å². The van der Waals surface area contributed by atoms with Crippen molar-refractivity contribution in [2.45, 2.75) is 13.5 Å². The summed E-state index contributed by atoms with van der Waals surface area (Å²) in [7, 11) is 0. The molecule has 0 unspecified atom stereocenters. The molecule has 0 atom stereocenters. The molecule has 0 amide bonds. The van der Waals surface area contributed by atoms with E-state index in [9.17, 15) is 4.79 Å². The van der Waals surface area contributed by atoms with Crippen molar-refractivity contribution in [1.29, 1.82) is 0 Å². The van der Waals surface area contributed by atoms with Crippen LogP contribution in [0.3, 0.4) is 0 Å². The van der Waals surface area contributed by atoms with Crippen LogP contribution in [0.4, 0.5) is 0 Å². The third-order valence-electron chi connectivity index (χ3n) is 1.76. The van der Waals surface area contributed by atoms with Crippen LogP contribution in [0.5, 0.6) is 0 Å². The highest BCUT2D eigenvalue weighted by Crippen LogP contribution is 2.05. The Labute approximate surface area is 92.4 Å². The molecule has 76 valence electrons. The number of carbonyl (C=O) groups is 1. The van der Waals surface area contributed by atoms with Crippen molar-refractivity contribution in [2.75, 3.05) is 11.9 Å². The summed E-state index contributed by atoms with van der Waals surface area (Å²) in [6, 6.07) is 8.07. The van der Waals surface area contributed by atoms with Crippen LogP contribution in [-0.4, -0.2) is 17.7 Å². The Hall–Kier alpha value is -0.670. The largest absolute Gasteiger partial charge is 0.369 e. The van der Waals surface area contributed by atoms with Crippen molar-refractivity contribution in [3.8, 4) is 0 Å². The summed E-state index contributed by atoms with van der Waals surface area (Å²) >= 11 is 3.08. The lowest BCUT2D eigenvalue weighted by Crippen LogP contribution is -2.09. The lowest BCUT2D eigenvalue weighted by Gasteiger charge is -2.03. The molecule has 1 aromatic rings. The van der Waals surface area contributed by atoms with Crippen LogP contribution in [0.15, 0.2) is 24.3 Å². The highest BCUT2D eigenvalue weighted by atomic mass is 79.9. The van der Waals surface area contributed by atoms with Crippen molar-refractivity contribution < 1.29 is 9.53 Å². The van der Waals surface area contributed by atoms with Gasteiger partial charge in [0.15, 0.2) is 5.78 Å². The molecule has 0 spiro atoms. The normalized spacial score (nSPS) is 10.1. The maximum absolute atomic E-state index is 10.9. The Morgan fingerprint density at radius 2 is 2.29 bits per heavy atom. The number of halogens is 1. The van der Waals surface area contributed by atoms with E-state index < -0.39 is 0 Å². The molecule has 1 aromatic carbocycles. The van der Waals surface area contributed by atoms with Gasteiger partial charge in [0.2, 0.25) is 0 Å². The second-order valence-electron chi connectivity index (χ2n) is 3.15. The summed E-state index contributed by atoms with van der Waals surface area (Å²) in [6.07, 6.45) is 0. The van der Waals surface area contributed by atoms with Gasteiger partial charge in [0.05, 0.1) is 11.9 Å². The average molecular weight is 257 g/mol. The number of ketones is 1. The fourth-order valence-electron chi connectivity index (χ4n) is 1.12. The molecule has 0 saturated heterocycles. The number of benzene rings is 1. The first-order valence-electron chi connectivity index (χ1n) is 4.43. The van der Waals surface area contributed by atoms with E-state index in [0.29, 0.717) is 11.9 Å². The third kappa shape index (κ3) is 4.03. The minimum atomic E-state index is 0.0673. The Balaban J connectivity index is 2.35. The van der Waals surface area contributed by atoms with Gasteiger partial charge in [0.25, 0.3) is 0 Å². The monoisotopic (exact) mass is 256 g/mol. The van der Waals surface area contributed by atoms with Crippen molar-refractivity contribution in [2.24, 2.45) is 0 Å². The van der Waals surface area contributed by atoms with Gasteiger partial charge < -0.3 is 4.74 Å². The molecule has 0 aromatic heterocycles. The van der Waals surface area contributed by atoms with Gasteiger partial charge in [0.1, 0.15) is 6.61 Å². The third-order valence-corrected chi connectivity index (χ3v) is 2.39. The lowest BCUT2D eigenvalue weighted by atomic mass is 10.1. The average Bonchev–Trinajstić information content (AvgIpc) is 2.17. The number of Topliss-reactive ketones (excluding diaryl/α,β-unsaturated/α-hetero) is 1. The van der Waals surface area contributed by atoms with Gasteiger partial charge in [-0.3, -0.25) is 4.79 Å². The Kier molecular flexibility index (Phi) is 4.84. The van der Waals surface area contributed by atoms with Gasteiger partial charge in [-0.1, -0.05) is 45.8 Å². The standard InChI is InChI=1S/C11H13BrO2/c1-9-3-2-4-10(5-9)7-14-8-11(13)6-12/h2-5H,6-8H2,1H3. The molecular formula is C11H13BrO2. The lowest BCUT2D eigenvalue weighted by molar-refractivity contribution is -0.121. The second-order valence-corrected chi connectivity index (χ2v) is 3.71. The molecule has 0 heterocycles. The summed E-state index contributed by atoms with van der Waals surface area (Å²) < 4.78 is 5.25. The van der Waals surface area contributed by atoms with Gasteiger partial charge in [-0.2, -0.15) is 0 Å². The second kappa shape index (κ2) is 5.94. The van der Waals surface area contributed by atoms with Crippen LogP contribution in [0.2, 0.25) is 0 Å². The molecule has 0 bridgehead atoms. The van der Waals surface area contributed by atoms with Gasteiger partial charge in [-0.05, 0) is 12.5 Å². The Bertz CT molecular complexity index is 310. The van der Waals surface area contributed by atoms with Gasteiger partial charge >= 0.3 is 0 Å². The molecule has 0 N–H and O–H groups in total. The number of ether oxygens (including phenoxy) is 1. The van der Waals surface area contributed by atoms with E-state index in [4.69, 9.17) is 4.74 Å². The molecular weight excluding hydrogens is 244 g/mol. The fraction of sp³-hybridized carbons (Fsp3) is 0.364. The van der Waals surface area contributed by atoms with E-state index in [0.717, 1.165) is 5.56 Å². The molecule has 0 radical (unpaired) electrons. The van der Waals surface area contributed by atoms with E-state index in [1.807, 2.05) is 25.1 Å². The predicted molar refractivity (Wildman–Crippen MR) is 59.6 cm³/mol. The smallest absolute Gasteiger partial charge is 0.168 e. The first-order valence-corrected chi connectivity index (χ1v) is 5.55. The highest BCUT2D eigenvalue weighted by molar-refractivity contribution is 9.09. The van der Waals surface area contributed by atoms with Gasteiger partial charge in [0, 0.05) is 0 Å². The number of rotatable bonds is 5. The minimum absolute atomic E-state index is 0.0673. The number of carbonyl (C=O) groups excluding carboxylic acids is 1. The first kappa shape index (κ1) is 11.4. The minimum Gasteiger partial charge on any atom is -0.369 e. The molecule has 0 aliphatic carbocycles. The molecule has 0 fully saturated rings. The molecule has 0 aliphatic rings. The summed E-state index contributed by atoms with van der Waals surface area (Å²) in [5.41, 5.74) is 2.31. The molecule has 2 nitrogen and oxygen atoms in total. The molecule has 3 heteroatoms. The highest BCUT2D eigenvalue weighted by Gasteiger charge is 1.99. The quantitative estimate of drug-likeness (QED) is 0.757. The summed E-state index contributed by atoms with van der Waals surface area (Å²) in [5, 5.41) is 0.362. The van der Waals surface area contributed by atoms with Crippen LogP contribution in [0.1, 0.15) is 11.1 Å². The summed E-state index contributed by atoms with van der Waals surface area (Å²) in [4.78, 5) is 10.9. The molecule has 1 rings (SSSR count). The predicted octanol–water partition coefficient (Wildman–Crippen LogP) is 2.48. The van der Waals surface area contributed by atoms with E-state index in [1.54, 1.807) is 0 Å². The number of hydrogen-bond acceptors (Lipinski definition) is 2. The first-order chi connectivity index (χ1) is 6.72. The van der Waals surface area contributed by atoms with Crippen LogP contribution in [0, 0.1) is 6.92 Å². The zero-order valence-corrected chi connectivity index (χ0v) is 9.71. The van der Waals surface area contributed by atoms with Crippen LogP contribution < -0.4 is 0 Å². The SMILES string of the molecule is Cc1cccc(COCC(=O)CBr)c1. The Morgan fingerprint density at radius 1 is 1.50 bits per heavy atom. The molecule has 0 aliphatic heterocycles. The topological polar surface area (TPSA) is 26.3 Å². The number of hydrogen-bond donors (Lipinski definition) is 0. The van der Waals surface area contributed by atoms with Crippen molar-refractivity contribution in [1.82, 2.24) is 0 Å². The zero-order chi connectivity index (χ0) is 10.4. The van der Waals surface area contributed by atoms with Gasteiger partial charge in [-0.25, -0.2) is 0 Å². The number of alkyl halides is 1. The van der Waals surface area contributed by atoms with Gasteiger partial charge in [-0.15, -0.1) is 0 Å². The maximum Gasteiger partial charge on any atom is 0.168 e. The van der Waals surface area contributed by atoms with E-state index in [2.05, 4.69) is 22.0 Å². The van der Waals surface area contributed by atoms with Crippen LogP contribution >= 0.6 is 15.9 Å². The van der Waals surface area contributed by atoms with Crippen LogP contribution in [-0.2, 0) is 16.1 Å². The van der Waals surface area contributed by atoms with E-state index >= 15 is 0 Å². The van der Waals surface area contributed by atoms with Crippen molar-refractivity contribution in [3.05, 3.63) is 35.4 Å². The zero-order valence-electron chi connectivity index (χ0n) is 8.13. The molecule has 0 saturated carbocycles. The maximum atomic E-state index is 10.9. The number of aryl methyl sites for hydroxylation is 1. The fourth-order valence-corrected chi connectivity index (χ4v) is 1.29. The summed E-state index contributed by atoms with van der Waals surface area (Å²) in [5.74, 6) is 0.0673. The molecule has 14 heavy (non-hydrogen) atoms. The summed E-state index contributed by atoms with van der Waals surface area (Å²) in [6.45, 7) is 2.72.